The fraction of sp³-hybridized carbons (Fsp3) is 1.00. The molecular formula is C11H25N3. The fourth-order valence-electron chi connectivity index (χ4n) is 2.09. The van der Waals surface area contributed by atoms with Crippen LogP contribution >= 0.6 is 0 Å². The molecule has 14 heavy (non-hydrogen) atoms. The van der Waals surface area contributed by atoms with E-state index in [-0.39, 0.29) is 0 Å². The Hall–Kier alpha value is -0.120. The average molecular weight is 199 g/mol. The summed E-state index contributed by atoms with van der Waals surface area (Å²) in [5.41, 5.74) is 5.45. The minimum absolute atomic E-state index is 0.622. The third-order valence-electron chi connectivity index (χ3n) is 2.92. The normalized spacial score (nSPS) is 24.9. The molecule has 4 N–H and O–H groups in total. The molecule has 2 unspecified atom stereocenters. The van der Waals surface area contributed by atoms with Crippen LogP contribution in [0, 0.1) is 0 Å². The highest BCUT2D eigenvalue weighted by molar-refractivity contribution is 4.76. The summed E-state index contributed by atoms with van der Waals surface area (Å²) < 4.78 is 0. The largest absolute Gasteiger partial charge is 0.330 e. The third kappa shape index (κ3) is 4.94. The van der Waals surface area contributed by atoms with Gasteiger partial charge in [-0.25, -0.2) is 0 Å². The highest BCUT2D eigenvalue weighted by Gasteiger charge is 2.14. The van der Waals surface area contributed by atoms with Gasteiger partial charge in [-0.3, -0.25) is 0 Å². The Kier molecular flexibility index (Phi) is 6.15. The second-order valence-corrected chi connectivity index (χ2v) is 4.38. The molecule has 0 aromatic heterocycles. The molecule has 2 atom stereocenters. The molecule has 0 amide bonds. The maximum Gasteiger partial charge on any atom is 0.00817 e. The summed E-state index contributed by atoms with van der Waals surface area (Å²) in [5, 5.41) is 7.09. The zero-order valence-electron chi connectivity index (χ0n) is 9.39. The van der Waals surface area contributed by atoms with Gasteiger partial charge in [0.1, 0.15) is 0 Å². The Morgan fingerprint density at radius 1 is 1.50 bits per heavy atom. The number of hydrogen-bond donors (Lipinski definition) is 3. The van der Waals surface area contributed by atoms with Crippen LogP contribution in [-0.4, -0.2) is 31.7 Å². The van der Waals surface area contributed by atoms with Crippen molar-refractivity contribution in [1.29, 1.82) is 0 Å². The van der Waals surface area contributed by atoms with Gasteiger partial charge in [0.2, 0.25) is 0 Å². The number of nitrogens with one attached hydrogen (secondary N) is 2. The lowest BCUT2D eigenvalue weighted by Crippen LogP contribution is -2.40. The molecular weight excluding hydrogens is 174 g/mol. The van der Waals surface area contributed by atoms with Crippen LogP contribution in [0.4, 0.5) is 0 Å². The van der Waals surface area contributed by atoms with Crippen LogP contribution < -0.4 is 16.4 Å². The van der Waals surface area contributed by atoms with E-state index in [1.54, 1.807) is 0 Å². The third-order valence-corrected chi connectivity index (χ3v) is 2.92. The van der Waals surface area contributed by atoms with Crippen molar-refractivity contribution in [1.82, 2.24) is 10.6 Å². The van der Waals surface area contributed by atoms with E-state index in [9.17, 15) is 0 Å². The minimum atomic E-state index is 0.622. The molecule has 3 heteroatoms. The van der Waals surface area contributed by atoms with Gasteiger partial charge < -0.3 is 16.4 Å². The number of nitrogens with two attached hydrogens (primary N) is 1. The van der Waals surface area contributed by atoms with Crippen LogP contribution in [0.3, 0.4) is 0 Å². The molecule has 1 fully saturated rings. The van der Waals surface area contributed by atoms with Gasteiger partial charge in [0.25, 0.3) is 0 Å². The molecule has 84 valence electrons. The topological polar surface area (TPSA) is 50.1 Å². The van der Waals surface area contributed by atoms with Crippen LogP contribution in [0.1, 0.15) is 39.0 Å². The van der Waals surface area contributed by atoms with Crippen molar-refractivity contribution in [3.05, 3.63) is 0 Å². The molecule has 1 heterocycles. The molecule has 1 aliphatic heterocycles. The first-order valence-electron chi connectivity index (χ1n) is 5.99. The molecule has 0 aromatic rings. The van der Waals surface area contributed by atoms with Gasteiger partial charge in [-0.1, -0.05) is 6.42 Å². The van der Waals surface area contributed by atoms with Crippen molar-refractivity contribution in [2.75, 3.05) is 19.6 Å². The van der Waals surface area contributed by atoms with Crippen molar-refractivity contribution in [3.63, 3.8) is 0 Å². The highest BCUT2D eigenvalue weighted by atomic mass is 15.0. The Morgan fingerprint density at radius 2 is 2.36 bits per heavy atom. The molecule has 0 spiro atoms. The Bertz CT molecular complexity index is 132. The average Bonchev–Trinajstić information content (AvgIpc) is 2.20. The lowest BCUT2D eigenvalue weighted by atomic mass is 9.99. The van der Waals surface area contributed by atoms with Crippen molar-refractivity contribution in [2.24, 2.45) is 5.73 Å². The summed E-state index contributed by atoms with van der Waals surface area (Å²) >= 11 is 0. The lowest BCUT2D eigenvalue weighted by Gasteiger charge is -2.26. The summed E-state index contributed by atoms with van der Waals surface area (Å²) in [5.74, 6) is 0. The van der Waals surface area contributed by atoms with Gasteiger partial charge in [0, 0.05) is 12.1 Å². The zero-order chi connectivity index (χ0) is 10.2. The van der Waals surface area contributed by atoms with Gasteiger partial charge in [0.05, 0.1) is 0 Å². The summed E-state index contributed by atoms with van der Waals surface area (Å²) in [7, 11) is 0. The molecule has 1 aliphatic rings. The first kappa shape index (κ1) is 12.0. The summed E-state index contributed by atoms with van der Waals surface area (Å²) in [4.78, 5) is 0. The number of rotatable bonds is 6. The smallest absolute Gasteiger partial charge is 0.00817 e. The van der Waals surface area contributed by atoms with Crippen LogP contribution in [0.2, 0.25) is 0 Å². The van der Waals surface area contributed by atoms with E-state index in [0.717, 1.165) is 25.6 Å². The number of piperidine rings is 1. The van der Waals surface area contributed by atoms with E-state index in [0.29, 0.717) is 6.04 Å². The predicted octanol–water partition coefficient (Wildman–Crippen LogP) is 0.846. The zero-order valence-corrected chi connectivity index (χ0v) is 9.39. The van der Waals surface area contributed by atoms with Gasteiger partial charge in [-0.2, -0.15) is 0 Å². The maximum atomic E-state index is 5.45. The van der Waals surface area contributed by atoms with Gasteiger partial charge in [0.15, 0.2) is 0 Å². The molecule has 1 rings (SSSR count). The second kappa shape index (κ2) is 7.21. The quantitative estimate of drug-likeness (QED) is 0.556. The Labute approximate surface area is 87.8 Å². The van der Waals surface area contributed by atoms with E-state index in [2.05, 4.69) is 17.6 Å². The molecule has 0 aromatic carbocycles. The van der Waals surface area contributed by atoms with E-state index >= 15 is 0 Å². The van der Waals surface area contributed by atoms with Crippen LogP contribution in [0.5, 0.6) is 0 Å². The van der Waals surface area contributed by atoms with Crippen molar-refractivity contribution < 1.29 is 0 Å². The Morgan fingerprint density at radius 3 is 3.00 bits per heavy atom. The summed E-state index contributed by atoms with van der Waals surface area (Å²) in [6.07, 6.45) is 6.44. The molecule has 3 nitrogen and oxygen atoms in total. The molecule has 0 bridgehead atoms. The maximum absolute atomic E-state index is 5.45. The van der Waals surface area contributed by atoms with Crippen LogP contribution in [0.25, 0.3) is 0 Å². The van der Waals surface area contributed by atoms with Crippen molar-refractivity contribution >= 4 is 0 Å². The molecule has 0 radical (unpaired) electrons. The van der Waals surface area contributed by atoms with E-state index in [1.165, 1.54) is 32.2 Å². The molecule has 1 saturated heterocycles. The first-order chi connectivity index (χ1) is 6.83. The van der Waals surface area contributed by atoms with Crippen molar-refractivity contribution in [2.45, 2.75) is 51.1 Å². The standard InChI is InChI=1S/C11H25N3/c1-10(13-8-4-6-12)9-11-5-2-3-7-14-11/h10-11,13-14H,2-9,12H2,1H3. The van der Waals surface area contributed by atoms with Gasteiger partial charge in [-0.05, 0) is 52.2 Å². The Balaban J connectivity index is 2.03. The molecule has 0 saturated carbocycles. The van der Waals surface area contributed by atoms with Gasteiger partial charge >= 0.3 is 0 Å². The van der Waals surface area contributed by atoms with Crippen LogP contribution in [-0.2, 0) is 0 Å². The molecule has 0 aliphatic carbocycles. The van der Waals surface area contributed by atoms with Crippen LogP contribution in [0.15, 0.2) is 0 Å². The van der Waals surface area contributed by atoms with E-state index < -0.39 is 0 Å². The monoisotopic (exact) mass is 199 g/mol. The van der Waals surface area contributed by atoms with Crippen molar-refractivity contribution in [3.8, 4) is 0 Å². The lowest BCUT2D eigenvalue weighted by molar-refractivity contribution is 0.345. The summed E-state index contributed by atoms with van der Waals surface area (Å²) in [6.45, 7) is 5.33. The van der Waals surface area contributed by atoms with E-state index in [1.807, 2.05) is 0 Å². The SMILES string of the molecule is CC(CC1CCCCN1)NCCCN. The summed E-state index contributed by atoms with van der Waals surface area (Å²) in [6, 6.07) is 1.36. The minimum Gasteiger partial charge on any atom is -0.330 e. The first-order valence-corrected chi connectivity index (χ1v) is 5.99. The second-order valence-electron chi connectivity index (χ2n) is 4.38. The highest BCUT2D eigenvalue weighted by Crippen LogP contribution is 2.11. The van der Waals surface area contributed by atoms with Gasteiger partial charge in [-0.15, -0.1) is 0 Å². The fourth-order valence-corrected chi connectivity index (χ4v) is 2.09. The van der Waals surface area contributed by atoms with E-state index in [4.69, 9.17) is 5.73 Å². The number of hydrogen-bond acceptors (Lipinski definition) is 3. The predicted molar refractivity (Wildman–Crippen MR) is 61.4 cm³/mol.